The molecule has 0 aliphatic carbocycles. The topological polar surface area (TPSA) is 75.3 Å². The van der Waals surface area contributed by atoms with Crippen LogP contribution in [0.25, 0.3) is 0 Å². The van der Waals surface area contributed by atoms with Crippen molar-refractivity contribution in [3.05, 3.63) is 59.4 Å². The third kappa shape index (κ3) is 4.61. The van der Waals surface area contributed by atoms with Gasteiger partial charge in [-0.2, -0.15) is 0 Å². The highest BCUT2D eigenvalue weighted by atomic mass is 32.2. The third-order valence-corrected chi connectivity index (χ3v) is 4.71. The molecular formula is C16H17FN2O3S. The van der Waals surface area contributed by atoms with Gasteiger partial charge in [0.25, 0.3) is 0 Å². The van der Waals surface area contributed by atoms with E-state index in [-0.39, 0.29) is 10.6 Å². The van der Waals surface area contributed by atoms with Crippen LogP contribution >= 0.6 is 0 Å². The number of benzene rings is 2. The summed E-state index contributed by atoms with van der Waals surface area (Å²) in [7, 11) is -3.79. The van der Waals surface area contributed by atoms with Crippen molar-refractivity contribution in [1.82, 2.24) is 4.72 Å². The Bertz CT molecular complexity index is 835. The Morgan fingerprint density at radius 2 is 1.87 bits per heavy atom. The molecule has 0 unspecified atom stereocenters. The number of hydrogen-bond donors (Lipinski definition) is 2. The van der Waals surface area contributed by atoms with Gasteiger partial charge in [0.1, 0.15) is 5.82 Å². The zero-order valence-corrected chi connectivity index (χ0v) is 13.6. The largest absolute Gasteiger partial charge is 0.325 e. The van der Waals surface area contributed by atoms with Gasteiger partial charge in [0, 0.05) is 5.69 Å². The van der Waals surface area contributed by atoms with Crippen molar-refractivity contribution in [3.63, 3.8) is 0 Å². The lowest BCUT2D eigenvalue weighted by Gasteiger charge is -2.10. The van der Waals surface area contributed by atoms with Crippen LogP contribution in [0.3, 0.4) is 0 Å². The van der Waals surface area contributed by atoms with Gasteiger partial charge in [0.15, 0.2) is 0 Å². The van der Waals surface area contributed by atoms with Gasteiger partial charge in [-0.05, 0) is 43.7 Å². The molecule has 0 radical (unpaired) electrons. The Hall–Kier alpha value is -2.25. The average Bonchev–Trinajstić information content (AvgIpc) is 2.45. The first kappa shape index (κ1) is 17.1. The molecule has 0 atom stereocenters. The van der Waals surface area contributed by atoms with E-state index in [0.717, 1.165) is 11.6 Å². The molecule has 0 bridgehead atoms. The Labute approximate surface area is 134 Å². The van der Waals surface area contributed by atoms with Gasteiger partial charge in [-0.1, -0.05) is 23.8 Å². The van der Waals surface area contributed by atoms with Crippen molar-refractivity contribution in [2.45, 2.75) is 18.7 Å². The van der Waals surface area contributed by atoms with Crippen LogP contribution in [0, 0.1) is 19.7 Å². The number of carbonyl (C=O) groups is 1. The van der Waals surface area contributed by atoms with Crippen LogP contribution in [-0.2, 0) is 14.8 Å². The summed E-state index contributed by atoms with van der Waals surface area (Å²) in [6.07, 6.45) is 0. The highest BCUT2D eigenvalue weighted by molar-refractivity contribution is 7.89. The molecule has 5 nitrogen and oxygen atoms in total. The van der Waals surface area contributed by atoms with Crippen molar-refractivity contribution < 1.29 is 17.6 Å². The lowest BCUT2D eigenvalue weighted by molar-refractivity contribution is -0.115. The molecule has 7 heteroatoms. The molecule has 2 aromatic rings. The van der Waals surface area contributed by atoms with Crippen LogP contribution in [0.5, 0.6) is 0 Å². The summed E-state index contributed by atoms with van der Waals surface area (Å²) in [6.45, 7) is 3.11. The molecule has 2 rings (SSSR count). The molecule has 0 fully saturated rings. The molecule has 1 amide bonds. The van der Waals surface area contributed by atoms with Crippen LogP contribution in [0.2, 0.25) is 0 Å². The average molecular weight is 336 g/mol. The quantitative estimate of drug-likeness (QED) is 0.880. The zero-order chi connectivity index (χ0) is 17.0. The highest BCUT2D eigenvalue weighted by Crippen LogP contribution is 2.16. The van der Waals surface area contributed by atoms with Crippen molar-refractivity contribution in [3.8, 4) is 0 Å². The van der Waals surface area contributed by atoms with E-state index in [1.165, 1.54) is 24.3 Å². The lowest BCUT2D eigenvalue weighted by atomic mass is 10.2. The van der Waals surface area contributed by atoms with Crippen LogP contribution < -0.4 is 10.0 Å². The molecule has 23 heavy (non-hydrogen) atoms. The van der Waals surface area contributed by atoms with Gasteiger partial charge in [-0.3, -0.25) is 4.79 Å². The van der Waals surface area contributed by atoms with Gasteiger partial charge >= 0.3 is 0 Å². The number of anilines is 1. The number of sulfonamides is 1. The minimum atomic E-state index is -3.79. The Morgan fingerprint density at radius 3 is 2.52 bits per heavy atom. The fourth-order valence-corrected chi connectivity index (χ4v) is 3.32. The van der Waals surface area contributed by atoms with E-state index in [1.54, 1.807) is 19.1 Å². The maximum Gasteiger partial charge on any atom is 0.241 e. The molecule has 0 aromatic heterocycles. The van der Waals surface area contributed by atoms with Gasteiger partial charge < -0.3 is 5.32 Å². The summed E-state index contributed by atoms with van der Waals surface area (Å²) in [6, 6.07) is 10.3. The number of hydrogen-bond acceptors (Lipinski definition) is 3. The van der Waals surface area contributed by atoms with E-state index in [2.05, 4.69) is 10.0 Å². The maximum atomic E-state index is 13.0. The standard InChI is InChI=1S/C16H17FN2O3S/c1-11-6-7-15(12(2)8-11)23(21,22)18-10-16(20)19-14-5-3-4-13(17)9-14/h3-9,18H,10H2,1-2H3,(H,19,20). The predicted molar refractivity (Wildman–Crippen MR) is 86.1 cm³/mol. The fourth-order valence-electron chi connectivity index (χ4n) is 2.11. The second-order valence-corrected chi connectivity index (χ2v) is 6.89. The van der Waals surface area contributed by atoms with Crippen molar-refractivity contribution in [1.29, 1.82) is 0 Å². The molecule has 2 aromatic carbocycles. The second-order valence-electron chi connectivity index (χ2n) is 5.15. The molecule has 0 aliphatic heterocycles. The molecule has 2 N–H and O–H groups in total. The van der Waals surface area contributed by atoms with Crippen LogP contribution in [-0.4, -0.2) is 20.9 Å². The third-order valence-electron chi connectivity index (χ3n) is 3.15. The summed E-state index contributed by atoms with van der Waals surface area (Å²) in [5, 5.41) is 2.42. The number of amides is 1. The molecule has 0 saturated carbocycles. The maximum absolute atomic E-state index is 13.0. The van der Waals surface area contributed by atoms with Gasteiger partial charge in [-0.25, -0.2) is 17.5 Å². The van der Waals surface area contributed by atoms with E-state index in [4.69, 9.17) is 0 Å². The predicted octanol–water partition coefficient (Wildman–Crippen LogP) is 2.36. The van der Waals surface area contributed by atoms with E-state index in [9.17, 15) is 17.6 Å². The van der Waals surface area contributed by atoms with Crippen molar-refractivity contribution in [2.24, 2.45) is 0 Å². The van der Waals surface area contributed by atoms with Crippen LogP contribution in [0.15, 0.2) is 47.4 Å². The smallest absolute Gasteiger partial charge is 0.241 e. The second kappa shape index (κ2) is 6.89. The molecule has 122 valence electrons. The molecular weight excluding hydrogens is 319 g/mol. The summed E-state index contributed by atoms with van der Waals surface area (Å²) >= 11 is 0. The zero-order valence-electron chi connectivity index (χ0n) is 12.8. The molecule has 0 spiro atoms. The number of rotatable bonds is 5. The number of halogens is 1. The number of carbonyl (C=O) groups excluding carboxylic acids is 1. The number of nitrogens with one attached hydrogen (secondary N) is 2. The van der Waals surface area contributed by atoms with Crippen molar-refractivity contribution in [2.75, 3.05) is 11.9 Å². The molecule has 0 aliphatic rings. The molecule has 0 saturated heterocycles. The number of aryl methyl sites for hydroxylation is 2. The van der Waals surface area contributed by atoms with Gasteiger partial charge in [-0.15, -0.1) is 0 Å². The van der Waals surface area contributed by atoms with Crippen molar-refractivity contribution >= 4 is 21.6 Å². The summed E-state index contributed by atoms with van der Waals surface area (Å²) in [5.74, 6) is -1.07. The summed E-state index contributed by atoms with van der Waals surface area (Å²) in [4.78, 5) is 11.9. The van der Waals surface area contributed by atoms with Gasteiger partial charge in [0.05, 0.1) is 11.4 Å². The van der Waals surface area contributed by atoms with E-state index in [0.29, 0.717) is 5.56 Å². The van der Waals surface area contributed by atoms with Gasteiger partial charge in [0.2, 0.25) is 15.9 Å². The first-order valence-corrected chi connectivity index (χ1v) is 8.38. The van der Waals surface area contributed by atoms with E-state index >= 15 is 0 Å². The minimum Gasteiger partial charge on any atom is -0.325 e. The fraction of sp³-hybridized carbons (Fsp3) is 0.188. The van der Waals surface area contributed by atoms with E-state index < -0.39 is 28.3 Å². The van der Waals surface area contributed by atoms with E-state index in [1.807, 2.05) is 6.92 Å². The Balaban J connectivity index is 2.03. The minimum absolute atomic E-state index is 0.127. The summed E-state index contributed by atoms with van der Waals surface area (Å²) in [5.41, 5.74) is 1.81. The lowest BCUT2D eigenvalue weighted by Crippen LogP contribution is -2.33. The normalized spacial score (nSPS) is 11.3. The molecule has 0 heterocycles. The SMILES string of the molecule is Cc1ccc(S(=O)(=O)NCC(=O)Nc2cccc(F)c2)c(C)c1. The highest BCUT2D eigenvalue weighted by Gasteiger charge is 2.17. The Kier molecular flexibility index (Phi) is 5.12. The monoisotopic (exact) mass is 336 g/mol. The summed E-state index contributed by atoms with van der Waals surface area (Å²) < 4.78 is 39.7. The first-order chi connectivity index (χ1) is 10.8. The first-order valence-electron chi connectivity index (χ1n) is 6.90. The van der Waals surface area contributed by atoms with Crippen LogP contribution in [0.1, 0.15) is 11.1 Å². The Morgan fingerprint density at radius 1 is 1.13 bits per heavy atom. The van der Waals surface area contributed by atoms with Crippen LogP contribution in [0.4, 0.5) is 10.1 Å².